The Morgan fingerprint density at radius 2 is 1.84 bits per heavy atom. The van der Waals surface area contributed by atoms with Crippen LogP contribution in [0.25, 0.3) is 0 Å². The molecular weight excluding hydrogens is 322 g/mol. The Kier molecular flexibility index (Phi) is 5.93. The first-order valence-electron chi connectivity index (χ1n) is 8.50. The van der Waals surface area contributed by atoms with Gasteiger partial charge in [-0.3, -0.25) is 4.79 Å². The van der Waals surface area contributed by atoms with Crippen molar-refractivity contribution >= 4 is 11.9 Å². The topological polar surface area (TPSA) is 65.1 Å². The highest BCUT2D eigenvalue weighted by atomic mass is 16.6. The van der Waals surface area contributed by atoms with Crippen LogP contribution in [0, 0.1) is 0 Å². The van der Waals surface area contributed by atoms with Crippen molar-refractivity contribution < 1.29 is 23.8 Å². The van der Waals surface area contributed by atoms with Gasteiger partial charge in [0.2, 0.25) is 0 Å². The standard InChI is InChI=1S/C19H27NO5/c1-19(2,3)25-18(22)20-10-6-7-14(20)12-15(21)13-8-9-16(23-4)17(11-13)24-5/h8-9,11,14H,6-7,10,12H2,1-5H3/t14-/m1/s1. The summed E-state index contributed by atoms with van der Waals surface area (Å²) in [6.45, 7) is 6.14. The Balaban J connectivity index is 2.07. The molecule has 1 saturated heterocycles. The van der Waals surface area contributed by atoms with Crippen LogP contribution in [-0.4, -0.2) is 49.2 Å². The van der Waals surface area contributed by atoms with Gasteiger partial charge < -0.3 is 19.1 Å². The second kappa shape index (κ2) is 7.76. The molecule has 6 nitrogen and oxygen atoms in total. The molecule has 6 heteroatoms. The van der Waals surface area contributed by atoms with Gasteiger partial charge in [-0.2, -0.15) is 0 Å². The lowest BCUT2D eigenvalue weighted by Gasteiger charge is -2.28. The maximum atomic E-state index is 12.6. The molecule has 1 aromatic carbocycles. The third-order valence-corrected chi connectivity index (χ3v) is 4.13. The van der Waals surface area contributed by atoms with Crippen LogP contribution in [0.2, 0.25) is 0 Å². The SMILES string of the molecule is COc1ccc(C(=O)C[C@H]2CCCN2C(=O)OC(C)(C)C)cc1OC. The van der Waals surface area contributed by atoms with Crippen LogP contribution in [0.5, 0.6) is 11.5 Å². The Labute approximate surface area is 149 Å². The number of ether oxygens (including phenoxy) is 3. The summed E-state index contributed by atoms with van der Waals surface area (Å²) in [6.07, 6.45) is 1.60. The summed E-state index contributed by atoms with van der Waals surface area (Å²) in [4.78, 5) is 26.6. The van der Waals surface area contributed by atoms with Gasteiger partial charge in [-0.1, -0.05) is 0 Å². The molecule has 0 unspecified atom stereocenters. The van der Waals surface area contributed by atoms with Crippen LogP contribution in [0.1, 0.15) is 50.4 Å². The summed E-state index contributed by atoms with van der Waals surface area (Å²) in [5.74, 6) is 1.07. The maximum absolute atomic E-state index is 12.6. The number of carbonyl (C=O) groups excluding carboxylic acids is 2. The first-order valence-corrected chi connectivity index (χ1v) is 8.50. The summed E-state index contributed by atoms with van der Waals surface area (Å²) >= 11 is 0. The Morgan fingerprint density at radius 1 is 1.16 bits per heavy atom. The van der Waals surface area contributed by atoms with Gasteiger partial charge in [0.25, 0.3) is 0 Å². The van der Waals surface area contributed by atoms with Crippen LogP contribution in [0.15, 0.2) is 18.2 Å². The van der Waals surface area contributed by atoms with E-state index in [0.29, 0.717) is 23.6 Å². The molecule has 0 spiro atoms. The molecule has 1 aliphatic rings. The molecule has 0 saturated carbocycles. The molecule has 1 amide bonds. The molecule has 25 heavy (non-hydrogen) atoms. The van der Waals surface area contributed by atoms with Crippen molar-refractivity contribution in [3.63, 3.8) is 0 Å². The molecular formula is C19H27NO5. The van der Waals surface area contributed by atoms with E-state index in [0.717, 1.165) is 12.8 Å². The average molecular weight is 349 g/mol. The zero-order chi connectivity index (χ0) is 18.6. The fourth-order valence-corrected chi connectivity index (χ4v) is 2.95. The summed E-state index contributed by atoms with van der Waals surface area (Å²) in [5.41, 5.74) is 0.00565. The van der Waals surface area contributed by atoms with Gasteiger partial charge in [0.15, 0.2) is 17.3 Å². The summed E-state index contributed by atoms with van der Waals surface area (Å²) in [7, 11) is 3.09. The fraction of sp³-hybridized carbons (Fsp3) is 0.579. The van der Waals surface area contributed by atoms with E-state index < -0.39 is 5.60 Å². The second-order valence-electron chi connectivity index (χ2n) is 7.17. The molecule has 1 aromatic rings. The lowest BCUT2D eigenvalue weighted by Crippen LogP contribution is -2.40. The molecule has 1 fully saturated rings. The molecule has 0 N–H and O–H groups in total. The summed E-state index contributed by atoms with van der Waals surface area (Å²) < 4.78 is 15.9. The Morgan fingerprint density at radius 3 is 2.44 bits per heavy atom. The maximum Gasteiger partial charge on any atom is 0.410 e. The van der Waals surface area contributed by atoms with E-state index in [1.165, 1.54) is 7.11 Å². The molecule has 2 rings (SSSR count). The van der Waals surface area contributed by atoms with E-state index in [9.17, 15) is 9.59 Å². The highest BCUT2D eigenvalue weighted by Crippen LogP contribution is 2.29. The zero-order valence-corrected chi connectivity index (χ0v) is 15.6. The number of likely N-dealkylation sites (tertiary alicyclic amines) is 1. The third-order valence-electron chi connectivity index (χ3n) is 4.13. The van der Waals surface area contributed by atoms with Crippen molar-refractivity contribution in [3.05, 3.63) is 23.8 Å². The first kappa shape index (κ1) is 19.1. The predicted octanol–water partition coefficient (Wildman–Crippen LogP) is 3.68. The number of amides is 1. The van der Waals surface area contributed by atoms with Gasteiger partial charge in [0.1, 0.15) is 5.60 Å². The monoisotopic (exact) mass is 349 g/mol. The van der Waals surface area contributed by atoms with Crippen LogP contribution < -0.4 is 9.47 Å². The van der Waals surface area contributed by atoms with E-state index in [2.05, 4.69) is 0 Å². The van der Waals surface area contributed by atoms with Crippen molar-refractivity contribution in [1.29, 1.82) is 0 Å². The van der Waals surface area contributed by atoms with Crippen molar-refractivity contribution in [2.45, 2.75) is 51.7 Å². The van der Waals surface area contributed by atoms with Crippen LogP contribution in [0.4, 0.5) is 4.79 Å². The molecule has 1 heterocycles. The number of carbonyl (C=O) groups is 2. The minimum absolute atomic E-state index is 0.0265. The Bertz CT molecular complexity index is 635. The largest absolute Gasteiger partial charge is 0.493 e. The first-order chi connectivity index (χ1) is 11.7. The van der Waals surface area contributed by atoms with Gasteiger partial charge in [0, 0.05) is 24.6 Å². The average Bonchev–Trinajstić information content (AvgIpc) is 3.00. The van der Waals surface area contributed by atoms with E-state index in [1.54, 1.807) is 30.2 Å². The van der Waals surface area contributed by atoms with Gasteiger partial charge in [-0.15, -0.1) is 0 Å². The fourth-order valence-electron chi connectivity index (χ4n) is 2.95. The molecule has 138 valence electrons. The number of methoxy groups -OCH3 is 2. The minimum atomic E-state index is -0.544. The van der Waals surface area contributed by atoms with Gasteiger partial charge in [-0.05, 0) is 51.8 Å². The zero-order valence-electron chi connectivity index (χ0n) is 15.6. The quantitative estimate of drug-likeness (QED) is 0.759. The highest BCUT2D eigenvalue weighted by molar-refractivity contribution is 5.97. The molecule has 1 aliphatic heterocycles. The van der Waals surface area contributed by atoms with Gasteiger partial charge in [0.05, 0.1) is 14.2 Å². The number of benzene rings is 1. The predicted molar refractivity (Wildman–Crippen MR) is 94.5 cm³/mol. The molecule has 0 bridgehead atoms. The Hall–Kier alpha value is -2.24. The number of nitrogens with zero attached hydrogens (tertiary/aromatic N) is 1. The van der Waals surface area contributed by atoms with Gasteiger partial charge in [-0.25, -0.2) is 4.79 Å². The van der Waals surface area contributed by atoms with Crippen molar-refractivity contribution in [2.24, 2.45) is 0 Å². The minimum Gasteiger partial charge on any atom is -0.493 e. The smallest absolute Gasteiger partial charge is 0.410 e. The summed E-state index contributed by atoms with van der Waals surface area (Å²) in [6, 6.07) is 4.98. The van der Waals surface area contributed by atoms with Crippen LogP contribution in [0.3, 0.4) is 0 Å². The molecule has 0 aliphatic carbocycles. The second-order valence-corrected chi connectivity index (χ2v) is 7.17. The number of hydrogen-bond acceptors (Lipinski definition) is 5. The number of ketones is 1. The number of Topliss-reactive ketones (excluding diaryl/α,β-unsaturated/α-hetero) is 1. The number of rotatable bonds is 5. The van der Waals surface area contributed by atoms with E-state index in [-0.39, 0.29) is 24.3 Å². The normalized spacial score (nSPS) is 17.3. The molecule has 1 atom stereocenters. The van der Waals surface area contributed by atoms with Crippen molar-refractivity contribution in [2.75, 3.05) is 20.8 Å². The number of hydrogen-bond donors (Lipinski definition) is 0. The van der Waals surface area contributed by atoms with E-state index in [1.807, 2.05) is 20.8 Å². The van der Waals surface area contributed by atoms with E-state index >= 15 is 0 Å². The van der Waals surface area contributed by atoms with Crippen molar-refractivity contribution in [1.82, 2.24) is 4.90 Å². The van der Waals surface area contributed by atoms with Gasteiger partial charge >= 0.3 is 6.09 Å². The highest BCUT2D eigenvalue weighted by Gasteiger charge is 2.33. The van der Waals surface area contributed by atoms with Crippen LogP contribution >= 0.6 is 0 Å². The molecule has 0 radical (unpaired) electrons. The molecule has 0 aromatic heterocycles. The lowest BCUT2D eigenvalue weighted by molar-refractivity contribution is 0.0223. The third kappa shape index (κ3) is 4.87. The van der Waals surface area contributed by atoms with Crippen molar-refractivity contribution in [3.8, 4) is 11.5 Å². The lowest BCUT2D eigenvalue weighted by atomic mass is 10.0. The van der Waals surface area contributed by atoms with E-state index in [4.69, 9.17) is 14.2 Å². The summed E-state index contributed by atoms with van der Waals surface area (Å²) in [5, 5.41) is 0. The van der Waals surface area contributed by atoms with Crippen LogP contribution in [-0.2, 0) is 4.74 Å².